The van der Waals surface area contributed by atoms with Gasteiger partial charge in [-0.25, -0.2) is 17.5 Å². The minimum absolute atomic E-state index is 0.0493. The van der Waals surface area contributed by atoms with Gasteiger partial charge < -0.3 is 5.73 Å². The second-order valence-electron chi connectivity index (χ2n) is 6.05. The topological polar surface area (TPSA) is 72.2 Å². The van der Waals surface area contributed by atoms with Gasteiger partial charge in [0.05, 0.1) is 4.47 Å². The van der Waals surface area contributed by atoms with E-state index in [1.807, 2.05) is 0 Å². The molecule has 3 N–H and O–H groups in total. The molecule has 1 aliphatic carbocycles. The number of halogens is 2. The highest BCUT2D eigenvalue weighted by Gasteiger charge is 2.30. The first-order valence-corrected chi connectivity index (χ1v) is 9.23. The first kappa shape index (κ1) is 16.7. The van der Waals surface area contributed by atoms with Gasteiger partial charge in [-0.1, -0.05) is 13.8 Å². The highest BCUT2D eigenvalue weighted by molar-refractivity contribution is 9.10. The third kappa shape index (κ3) is 3.96. The second-order valence-corrected chi connectivity index (χ2v) is 8.59. The predicted octanol–water partition coefficient (Wildman–Crippen LogP) is 3.27. The maximum atomic E-state index is 14.1. The Labute approximate surface area is 133 Å². The van der Waals surface area contributed by atoms with Crippen molar-refractivity contribution in [1.29, 1.82) is 0 Å². The van der Waals surface area contributed by atoms with Crippen molar-refractivity contribution in [2.75, 3.05) is 5.73 Å². The van der Waals surface area contributed by atoms with Crippen LogP contribution in [0.2, 0.25) is 0 Å². The van der Waals surface area contributed by atoms with Gasteiger partial charge in [-0.05, 0) is 59.2 Å². The number of nitrogen functional groups attached to an aromatic ring is 1. The summed E-state index contributed by atoms with van der Waals surface area (Å²) < 4.78 is 41.6. The zero-order chi connectivity index (χ0) is 15.8. The highest BCUT2D eigenvalue weighted by Crippen LogP contribution is 2.31. The Morgan fingerprint density at radius 1 is 1.24 bits per heavy atom. The van der Waals surface area contributed by atoms with Crippen LogP contribution in [0.3, 0.4) is 0 Å². The van der Waals surface area contributed by atoms with Gasteiger partial charge in [0.15, 0.2) is 5.82 Å². The first-order valence-electron chi connectivity index (χ1n) is 6.96. The molecular weight excluding hydrogens is 359 g/mol. The fraction of sp³-hybridized carbons (Fsp3) is 0.571. The van der Waals surface area contributed by atoms with Gasteiger partial charge in [0.1, 0.15) is 4.90 Å². The number of nitrogens with two attached hydrogens (primary N) is 1. The molecule has 21 heavy (non-hydrogen) atoms. The summed E-state index contributed by atoms with van der Waals surface area (Å²) in [6.07, 6.45) is 2.64. The van der Waals surface area contributed by atoms with E-state index in [0.29, 0.717) is 11.8 Å². The van der Waals surface area contributed by atoms with E-state index in [-0.39, 0.29) is 16.2 Å². The van der Waals surface area contributed by atoms with Crippen LogP contribution >= 0.6 is 15.9 Å². The van der Waals surface area contributed by atoms with E-state index in [0.717, 1.165) is 25.3 Å². The Morgan fingerprint density at radius 3 is 2.38 bits per heavy atom. The fourth-order valence-electron chi connectivity index (χ4n) is 3.11. The highest BCUT2D eigenvalue weighted by atomic mass is 79.9. The molecule has 1 saturated carbocycles. The largest absolute Gasteiger partial charge is 0.399 e. The molecular formula is C14H20BrFN2O2S. The van der Waals surface area contributed by atoms with Crippen LogP contribution in [0.5, 0.6) is 0 Å². The van der Waals surface area contributed by atoms with Crippen molar-refractivity contribution in [3.8, 4) is 0 Å². The summed E-state index contributed by atoms with van der Waals surface area (Å²) in [5.41, 5.74) is 5.82. The molecule has 4 nitrogen and oxygen atoms in total. The normalized spacial score (nSPS) is 26.8. The number of rotatable bonds is 3. The van der Waals surface area contributed by atoms with Gasteiger partial charge >= 0.3 is 0 Å². The fourth-order valence-corrected chi connectivity index (χ4v) is 5.11. The summed E-state index contributed by atoms with van der Waals surface area (Å²) in [5, 5.41) is 0. The van der Waals surface area contributed by atoms with Crippen molar-refractivity contribution in [2.24, 2.45) is 11.8 Å². The van der Waals surface area contributed by atoms with Gasteiger partial charge in [-0.3, -0.25) is 0 Å². The summed E-state index contributed by atoms with van der Waals surface area (Å²) in [6, 6.07) is 2.34. The third-order valence-electron chi connectivity index (χ3n) is 3.81. The molecule has 0 aliphatic heterocycles. The standard InChI is InChI=1S/C14H20BrFN2O2S/c1-8-3-9(2)5-11(4-8)18-21(19,20)13-7-10(17)6-12(15)14(13)16/h6-9,11,18H,3-5,17H2,1-2H3. The molecule has 1 aromatic carbocycles. The van der Waals surface area contributed by atoms with E-state index in [1.165, 1.54) is 6.07 Å². The van der Waals surface area contributed by atoms with Crippen LogP contribution < -0.4 is 10.5 Å². The van der Waals surface area contributed by atoms with Crippen LogP contribution in [0.1, 0.15) is 33.1 Å². The Bertz CT molecular complexity index is 626. The second kappa shape index (κ2) is 6.22. The van der Waals surface area contributed by atoms with Crippen molar-refractivity contribution in [1.82, 2.24) is 4.72 Å². The SMILES string of the molecule is CC1CC(C)CC(NS(=O)(=O)c2cc(N)cc(Br)c2F)C1. The predicted molar refractivity (Wildman–Crippen MR) is 84.8 cm³/mol. The average molecular weight is 379 g/mol. The molecule has 0 saturated heterocycles. The minimum atomic E-state index is -3.92. The molecule has 2 rings (SSSR count). The molecule has 0 bridgehead atoms. The van der Waals surface area contributed by atoms with Crippen LogP contribution in [-0.4, -0.2) is 14.5 Å². The maximum Gasteiger partial charge on any atom is 0.243 e. The van der Waals surface area contributed by atoms with E-state index in [2.05, 4.69) is 34.5 Å². The molecule has 2 unspecified atom stereocenters. The quantitative estimate of drug-likeness (QED) is 0.792. The summed E-state index contributed by atoms with van der Waals surface area (Å²) in [5.74, 6) is 0.103. The van der Waals surface area contributed by atoms with Gasteiger partial charge in [0, 0.05) is 11.7 Å². The lowest BCUT2D eigenvalue weighted by Crippen LogP contribution is -2.40. The summed E-state index contributed by atoms with van der Waals surface area (Å²) in [7, 11) is -3.92. The zero-order valence-corrected chi connectivity index (χ0v) is 14.5. The number of hydrogen-bond acceptors (Lipinski definition) is 3. The molecule has 1 aliphatic rings. The van der Waals surface area contributed by atoms with Crippen molar-refractivity contribution >= 4 is 31.6 Å². The lowest BCUT2D eigenvalue weighted by Gasteiger charge is -2.31. The molecule has 1 fully saturated rings. The average Bonchev–Trinajstić information content (AvgIpc) is 2.31. The Kier molecular flexibility index (Phi) is 4.95. The molecule has 2 atom stereocenters. The van der Waals surface area contributed by atoms with E-state index >= 15 is 0 Å². The summed E-state index contributed by atoms with van der Waals surface area (Å²) in [4.78, 5) is -0.403. The van der Waals surface area contributed by atoms with E-state index in [9.17, 15) is 12.8 Å². The molecule has 0 amide bonds. The number of sulfonamides is 1. The zero-order valence-electron chi connectivity index (χ0n) is 12.1. The van der Waals surface area contributed by atoms with Gasteiger partial charge in [-0.15, -0.1) is 0 Å². The summed E-state index contributed by atoms with van der Waals surface area (Å²) in [6.45, 7) is 4.21. The minimum Gasteiger partial charge on any atom is -0.399 e. The lowest BCUT2D eigenvalue weighted by atomic mass is 9.81. The van der Waals surface area contributed by atoms with Crippen LogP contribution in [0.15, 0.2) is 21.5 Å². The molecule has 118 valence electrons. The third-order valence-corrected chi connectivity index (χ3v) is 5.90. The van der Waals surface area contributed by atoms with E-state index in [1.54, 1.807) is 0 Å². The molecule has 7 heteroatoms. The smallest absolute Gasteiger partial charge is 0.243 e. The maximum absolute atomic E-state index is 14.1. The van der Waals surface area contributed by atoms with E-state index in [4.69, 9.17) is 5.73 Å². The van der Waals surface area contributed by atoms with Crippen molar-refractivity contribution in [3.05, 3.63) is 22.4 Å². The van der Waals surface area contributed by atoms with Crippen molar-refractivity contribution in [3.63, 3.8) is 0 Å². The van der Waals surface area contributed by atoms with Crippen molar-refractivity contribution in [2.45, 2.75) is 44.0 Å². The first-order chi connectivity index (χ1) is 9.69. The lowest BCUT2D eigenvalue weighted by molar-refractivity contribution is 0.257. The molecule has 0 radical (unpaired) electrons. The molecule has 0 heterocycles. The Morgan fingerprint density at radius 2 is 1.81 bits per heavy atom. The van der Waals surface area contributed by atoms with Crippen LogP contribution in [0.25, 0.3) is 0 Å². The number of anilines is 1. The molecule has 0 spiro atoms. The summed E-state index contributed by atoms with van der Waals surface area (Å²) >= 11 is 2.99. The van der Waals surface area contributed by atoms with Gasteiger partial charge in [-0.2, -0.15) is 0 Å². The van der Waals surface area contributed by atoms with Crippen molar-refractivity contribution < 1.29 is 12.8 Å². The number of benzene rings is 1. The Balaban J connectivity index is 2.27. The molecule has 0 aromatic heterocycles. The Hall–Kier alpha value is -0.660. The monoisotopic (exact) mass is 378 g/mol. The molecule has 1 aromatic rings. The van der Waals surface area contributed by atoms with Crippen LogP contribution in [0, 0.1) is 17.7 Å². The van der Waals surface area contributed by atoms with Gasteiger partial charge in [0.25, 0.3) is 0 Å². The van der Waals surface area contributed by atoms with E-state index < -0.39 is 20.7 Å². The van der Waals surface area contributed by atoms with Gasteiger partial charge in [0.2, 0.25) is 10.0 Å². The van der Waals surface area contributed by atoms with Crippen LogP contribution in [-0.2, 0) is 10.0 Å². The number of hydrogen-bond donors (Lipinski definition) is 2. The van der Waals surface area contributed by atoms with Crippen LogP contribution in [0.4, 0.5) is 10.1 Å². The number of nitrogens with one attached hydrogen (secondary N) is 1.